The average molecular weight is 387 g/mol. The van der Waals surface area contributed by atoms with Gasteiger partial charge in [-0.3, -0.25) is 0 Å². The summed E-state index contributed by atoms with van der Waals surface area (Å²) >= 11 is 0. The van der Waals surface area contributed by atoms with E-state index in [0.717, 1.165) is 48.3 Å². The number of aliphatic hydroxyl groups is 1. The minimum absolute atomic E-state index is 0.0766. The Bertz CT molecular complexity index is 591. The molecule has 3 unspecified atom stereocenters. The first-order valence-electron chi connectivity index (χ1n) is 12.6. The van der Waals surface area contributed by atoms with E-state index in [1.54, 1.807) is 5.57 Å². The van der Waals surface area contributed by atoms with E-state index >= 15 is 0 Å². The second-order valence-electron chi connectivity index (χ2n) is 12.2. The lowest BCUT2D eigenvalue weighted by Crippen LogP contribution is -2.50. The van der Waals surface area contributed by atoms with Crippen LogP contribution in [0.25, 0.3) is 0 Å². The molecule has 4 aliphatic rings. The second-order valence-corrected chi connectivity index (χ2v) is 12.2. The Labute approximate surface area is 174 Å². The maximum atomic E-state index is 10.2. The molecule has 1 heteroatoms. The van der Waals surface area contributed by atoms with Gasteiger partial charge < -0.3 is 5.11 Å². The molecule has 160 valence electrons. The molecule has 0 radical (unpaired) electrons. The van der Waals surface area contributed by atoms with Gasteiger partial charge in [0.25, 0.3) is 0 Å². The molecule has 0 aliphatic heterocycles. The highest BCUT2D eigenvalue weighted by molar-refractivity contribution is 5.25. The molecule has 0 aromatic heterocycles. The fourth-order valence-electron chi connectivity index (χ4n) is 8.67. The lowest BCUT2D eigenvalue weighted by Gasteiger charge is -2.58. The summed E-state index contributed by atoms with van der Waals surface area (Å²) in [5, 5.41) is 10.2. The van der Waals surface area contributed by atoms with Crippen LogP contribution in [0.15, 0.2) is 11.6 Å². The summed E-state index contributed by atoms with van der Waals surface area (Å²) in [4.78, 5) is 0. The Morgan fingerprint density at radius 2 is 1.79 bits per heavy atom. The highest BCUT2D eigenvalue weighted by atomic mass is 16.3. The van der Waals surface area contributed by atoms with E-state index in [9.17, 15) is 5.11 Å². The van der Waals surface area contributed by atoms with Gasteiger partial charge in [-0.2, -0.15) is 0 Å². The molecule has 0 aromatic rings. The van der Waals surface area contributed by atoms with Crippen LogP contribution in [0, 0.1) is 46.3 Å². The number of hydrogen-bond donors (Lipinski definition) is 1. The first-order valence-corrected chi connectivity index (χ1v) is 12.6. The highest BCUT2D eigenvalue weighted by Gasteiger charge is 2.59. The van der Waals surface area contributed by atoms with Crippen molar-refractivity contribution in [2.75, 3.05) is 0 Å². The van der Waals surface area contributed by atoms with E-state index in [4.69, 9.17) is 0 Å². The molecule has 4 aliphatic carbocycles. The summed E-state index contributed by atoms with van der Waals surface area (Å²) in [6.07, 6.45) is 17.2. The molecule has 3 fully saturated rings. The predicted molar refractivity (Wildman–Crippen MR) is 119 cm³/mol. The first kappa shape index (κ1) is 21.0. The van der Waals surface area contributed by atoms with Gasteiger partial charge in [-0.05, 0) is 97.7 Å². The van der Waals surface area contributed by atoms with Crippen LogP contribution in [0.4, 0.5) is 0 Å². The minimum Gasteiger partial charge on any atom is -0.393 e. The van der Waals surface area contributed by atoms with E-state index in [2.05, 4.69) is 40.7 Å². The van der Waals surface area contributed by atoms with Gasteiger partial charge in [-0.1, -0.05) is 65.5 Å². The molecule has 0 bridgehead atoms. The number of hydrogen-bond acceptors (Lipinski definition) is 1. The molecule has 3 saturated carbocycles. The predicted octanol–water partition coefficient (Wildman–Crippen LogP) is 7.39. The van der Waals surface area contributed by atoms with Crippen molar-refractivity contribution in [3.63, 3.8) is 0 Å². The molecular weight excluding hydrogens is 340 g/mol. The van der Waals surface area contributed by atoms with Crippen molar-refractivity contribution >= 4 is 0 Å². The topological polar surface area (TPSA) is 20.2 Å². The van der Waals surface area contributed by atoms with E-state index in [-0.39, 0.29) is 6.10 Å². The van der Waals surface area contributed by atoms with Gasteiger partial charge in [0.1, 0.15) is 0 Å². The Morgan fingerprint density at radius 1 is 1.00 bits per heavy atom. The van der Waals surface area contributed by atoms with Gasteiger partial charge in [0.15, 0.2) is 0 Å². The highest BCUT2D eigenvalue weighted by Crippen LogP contribution is 2.67. The van der Waals surface area contributed by atoms with Crippen molar-refractivity contribution < 1.29 is 5.11 Å². The molecule has 28 heavy (non-hydrogen) atoms. The first-order chi connectivity index (χ1) is 13.3. The Kier molecular flexibility index (Phi) is 5.80. The quantitative estimate of drug-likeness (QED) is 0.488. The van der Waals surface area contributed by atoms with Crippen molar-refractivity contribution in [1.82, 2.24) is 0 Å². The number of fused-ring (bicyclic) bond motifs is 5. The minimum atomic E-state index is -0.0766. The SMILES string of the molecule is CC(C)CCC[C@@H](C)[C@H]1CC[C@H]2C3CC=C4CC(O)CC[C@]4(C)C3CC[C@]12C. The summed E-state index contributed by atoms with van der Waals surface area (Å²) < 4.78 is 0. The maximum absolute atomic E-state index is 10.2. The van der Waals surface area contributed by atoms with Gasteiger partial charge in [-0.25, -0.2) is 0 Å². The van der Waals surface area contributed by atoms with Crippen LogP contribution in [-0.4, -0.2) is 11.2 Å². The van der Waals surface area contributed by atoms with Crippen LogP contribution in [0.3, 0.4) is 0 Å². The van der Waals surface area contributed by atoms with Crippen LogP contribution >= 0.6 is 0 Å². The number of allylic oxidation sites excluding steroid dienone is 1. The molecule has 4 rings (SSSR count). The largest absolute Gasteiger partial charge is 0.393 e. The third-order valence-electron chi connectivity index (χ3n) is 10.3. The third-order valence-corrected chi connectivity index (χ3v) is 10.3. The summed E-state index contributed by atoms with van der Waals surface area (Å²) in [5.74, 6) is 5.46. The van der Waals surface area contributed by atoms with Crippen LogP contribution in [-0.2, 0) is 0 Å². The van der Waals surface area contributed by atoms with E-state index < -0.39 is 0 Å². The van der Waals surface area contributed by atoms with Gasteiger partial charge in [0, 0.05) is 0 Å². The summed E-state index contributed by atoms with van der Waals surface area (Å²) in [6.45, 7) is 12.6. The number of rotatable bonds is 5. The Morgan fingerprint density at radius 3 is 2.54 bits per heavy atom. The average Bonchev–Trinajstić information content (AvgIpc) is 2.99. The molecular formula is C27H46O. The zero-order valence-electron chi connectivity index (χ0n) is 19.3. The normalized spacial score (nSPS) is 46.5. The van der Waals surface area contributed by atoms with E-state index in [0.29, 0.717) is 10.8 Å². The molecule has 1 nitrogen and oxygen atoms in total. The molecule has 0 heterocycles. The Balaban J connectivity index is 1.49. The maximum Gasteiger partial charge on any atom is 0.0577 e. The van der Waals surface area contributed by atoms with Crippen LogP contribution in [0.5, 0.6) is 0 Å². The summed E-state index contributed by atoms with van der Waals surface area (Å²) in [6, 6.07) is 0. The molecule has 0 spiro atoms. The van der Waals surface area contributed by atoms with E-state index in [1.165, 1.54) is 57.8 Å². The summed E-state index contributed by atoms with van der Waals surface area (Å²) in [7, 11) is 0. The lowest BCUT2D eigenvalue weighted by molar-refractivity contribution is -0.0573. The Hall–Kier alpha value is -0.300. The number of aliphatic hydroxyl groups excluding tert-OH is 1. The molecule has 0 saturated heterocycles. The smallest absolute Gasteiger partial charge is 0.0577 e. The van der Waals surface area contributed by atoms with Crippen LogP contribution in [0.1, 0.15) is 105 Å². The molecule has 0 amide bonds. The molecule has 8 atom stereocenters. The zero-order chi connectivity index (χ0) is 20.1. The van der Waals surface area contributed by atoms with Crippen molar-refractivity contribution in [3.05, 3.63) is 11.6 Å². The molecule has 1 N–H and O–H groups in total. The summed E-state index contributed by atoms with van der Waals surface area (Å²) in [5.41, 5.74) is 2.60. The van der Waals surface area contributed by atoms with Crippen LogP contribution in [0.2, 0.25) is 0 Å². The van der Waals surface area contributed by atoms with Gasteiger partial charge >= 0.3 is 0 Å². The van der Waals surface area contributed by atoms with Crippen molar-refractivity contribution in [2.45, 2.75) is 111 Å². The standard InChI is InChI=1S/C27H46O/c1-18(2)7-6-8-19(3)23-11-12-24-22-10-9-20-17-21(28)13-15-26(20,4)25(22)14-16-27(23,24)5/h9,18-19,21-25,28H,6-8,10-17H2,1-5H3/t19-,21?,22?,23-,24+,25?,26+,27-/m1/s1. The fraction of sp³-hybridized carbons (Fsp3) is 0.926. The fourth-order valence-corrected chi connectivity index (χ4v) is 8.67. The molecule has 0 aromatic carbocycles. The van der Waals surface area contributed by atoms with Crippen LogP contribution < -0.4 is 0 Å². The van der Waals surface area contributed by atoms with Crippen molar-refractivity contribution in [1.29, 1.82) is 0 Å². The van der Waals surface area contributed by atoms with Crippen molar-refractivity contribution in [2.24, 2.45) is 46.3 Å². The zero-order valence-corrected chi connectivity index (χ0v) is 19.3. The van der Waals surface area contributed by atoms with E-state index in [1.807, 2.05) is 0 Å². The lowest BCUT2D eigenvalue weighted by atomic mass is 9.47. The second kappa shape index (κ2) is 7.75. The van der Waals surface area contributed by atoms with Gasteiger partial charge in [-0.15, -0.1) is 0 Å². The monoisotopic (exact) mass is 386 g/mol. The van der Waals surface area contributed by atoms with Gasteiger partial charge in [0.2, 0.25) is 0 Å². The third kappa shape index (κ3) is 3.42. The van der Waals surface area contributed by atoms with Crippen molar-refractivity contribution in [3.8, 4) is 0 Å². The van der Waals surface area contributed by atoms with Gasteiger partial charge in [0.05, 0.1) is 6.10 Å².